The molecule has 1 aromatic rings. The minimum atomic E-state index is -3.90. The van der Waals surface area contributed by atoms with Gasteiger partial charge in [0, 0.05) is 23.7 Å². The Morgan fingerprint density at radius 3 is 2.67 bits per heavy atom. The lowest BCUT2D eigenvalue weighted by molar-refractivity contribution is 0.0711. The molecule has 1 amide bonds. The molecule has 21 heavy (non-hydrogen) atoms. The second kappa shape index (κ2) is 6.04. The van der Waals surface area contributed by atoms with Gasteiger partial charge in [0.05, 0.1) is 17.5 Å². The number of aryl methyl sites for hydroxylation is 1. The highest BCUT2D eigenvalue weighted by molar-refractivity contribution is 9.10. The standard InChI is InChI=1S/C13H17BrN2O4S/c1-8-5-9(6-11(12(8)14)21(15,18)19)13(17)16(2)10-3-4-20-7-10/h5-6,10H,3-4,7H2,1-2H3,(H2,15,18,19). The number of nitrogens with two attached hydrogens (primary N) is 1. The van der Waals surface area contributed by atoms with E-state index in [1.165, 1.54) is 6.07 Å². The third-order valence-corrected chi connectivity index (χ3v) is 5.80. The Balaban J connectivity index is 2.40. The lowest BCUT2D eigenvalue weighted by atomic mass is 10.1. The Bertz CT molecular complexity index is 669. The number of carbonyl (C=O) groups is 1. The molecule has 2 N–H and O–H groups in total. The minimum Gasteiger partial charge on any atom is -0.379 e. The van der Waals surface area contributed by atoms with Crippen LogP contribution in [0.5, 0.6) is 0 Å². The van der Waals surface area contributed by atoms with Crippen molar-refractivity contribution in [2.75, 3.05) is 20.3 Å². The summed E-state index contributed by atoms with van der Waals surface area (Å²) >= 11 is 3.20. The molecular formula is C13H17BrN2O4S. The molecule has 2 rings (SSSR count). The molecule has 1 aromatic carbocycles. The number of hydrogen-bond acceptors (Lipinski definition) is 4. The maximum absolute atomic E-state index is 12.5. The maximum Gasteiger partial charge on any atom is 0.253 e. The summed E-state index contributed by atoms with van der Waals surface area (Å²) in [4.78, 5) is 14.0. The van der Waals surface area contributed by atoms with Crippen molar-refractivity contribution in [3.8, 4) is 0 Å². The van der Waals surface area contributed by atoms with Gasteiger partial charge in [-0.15, -0.1) is 0 Å². The van der Waals surface area contributed by atoms with Gasteiger partial charge in [0.1, 0.15) is 0 Å². The molecule has 116 valence electrons. The van der Waals surface area contributed by atoms with Crippen molar-refractivity contribution in [2.24, 2.45) is 5.14 Å². The molecule has 0 saturated carbocycles. The molecule has 1 heterocycles. The Hall–Kier alpha value is -0.960. The maximum atomic E-state index is 12.5. The second-order valence-corrected chi connectivity index (χ2v) is 7.41. The first kappa shape index (κ1) is 16.4. The third kappa shape index (κ3) is 3.45. The van der Waals surface area contributed by atoms with Gasteiger partial charge in [-0.3, -0.25) is 4.79 Å². The van der Waals surface area contributed by atoms with E-state index in [0.29, 0.717) is 28.8 Å². The molecule has 8 heteroatoms. The van der Waals surface area contributed by atoms with Crippen molar-refractivity contribution < 1.29 is 17.9 Å². The summed E-state index contributed by atoms with van der Waals surface area (Å²) in [5.74, 6) is -0.244. The van der Waals surface area contributed by atoms with E-state index in [-0.39, 0.29) is 16.8 Å². The number of rotatable bonds is 3. The summed E-state index contributed by atoms with van der Waals surface area (Å²) in [7, 11) is -2.21. The van der Waals surface area contributed by atoms with Crippen LogP contribution in [0.1, 0.15) is 22.3 Å². The largest absolute Gasteiger partial charge is 0.379 e. The molecule has 0 spiro atoms. The molecular weight excluding hydrogens is 360 g/mol. The first-order chi connectivity index (χ1) is 9.71. The van der Waals surface area contributed by atoms with Crippen molar-refractivity contribution >= 4 is 31.9 Å². The highest BCUT2D eigenvalue weighted by Crippen LogP contribution is 2.27. The van der Waals surface area contributed by atoms with Gasteiger partial charge in [-0.05, 0) is 47.0 Å². The molecule has 1 fully saturated rings. The van der Waals surface area contributed by atoms with Crippen molar-refractivity contribution in [3.63, 3.8) is 0 Å². The fourth-order valence-corrected chi connectivity index (χ4v) is 3.87. The minimum absolute atomic E-state index is 0.0133. The Morgan fingerprint density at radius 2 is 2.14 bits per heavy atom. The van der Waals surface area contributed by atoms with Crippen LogP contribution in [0.3, 0.4) is 0 Å². The van der Waals surface area contributed by atoms with Crippen LogP contribution in [0.4, 0.5) is 0 Å². The number of carbonyl (C=O) groups excluding carboxylic acids is 1. The number of amides is 1. The van der Waals surface area contributed by atoms with Crippen molar-refractivity contribution in [1.82, 2.24) is 4.90 Å². The summed E-state index contributed by atoms with van der Waals surface area (Å²) in [5, 5.41) is 5.19. The first-order valence-electron chi connectivity index (χ1n) is 6.39. The normalized spacial score (nSPS) is 18.8. The van der Waals surface area contributed by atoms with E-state index < -0.39 is 10.0 Å². The molecule has 6 nitrogen and oxygen atoms in total. The van der Waals surface area contributed by atoms with Crippen LogP contribution in [0.15, 0.2) is 21.5 Å². The van der Waals surface area contributed by atoms with E-state index in [9.17, 15) is 13.2 Å². The monoisotopic (exact) mass is 376 g/mol. The fourth-order valence-electron chi connectivity index (χ4n) is 2.26. The highest BCUT2D eigenvalue weighted by atomic mass is 79.9. The van der Waals surface area contributed by atoms with Crippen molar-refractivity contribution in [2.45, 2.75) is 24.3 Å². The number of nitrogens with zero attached hydrogens (tertiary/aromatic N) is 1. The lowest BCUT2D eigenvalue weighted by Gasteiger charge is -2.23. The van der Waals surface area contributed by atoms with Gasteiger partial charge < -0.3 is 9.64 Å². The van der Waals surface area contributed by atoms with Crippen LogP contribution in [0.2, 0.25) is 0 Å². The number of halogens is 1. The topological polar surface area (TPSA) is 89.7 Å². The Morgan fingerprint density at radius 1 is 1.48 bits per heavy atom. The summed E-state index contributed by atoms with van der Waals surface area (Å²) in [5.41, 5.74) is 0.940. The Kier molecular flexibility index (Phi) is 4.72. The lowest BCUT2D eigenvalue weighted by Crippen LogP contribution is -2.37. The Labute approximate surface area is 132 Å². The van der Waals surface area contributed by atoms with Gasteiger partial charge in [-0.1, -0.05) is 0 Å². The molecule has 0 aliphatic carbocycles. The van der Waals surface area contributed by atoms with E-state index in [0.717, 1.165) is 6.42 Å². The van der Waals surface area contributed by atoms with Crippen LogP contribution >= 0.6 is 15.9 Å². The predicted molar refractivity (Wildman–Crippen MR) is 81.6 cm³/mol. The molecule has 0 radical (unpaired) electrons. The van der Waals surface area contributed by atoms with Crippen LogP contribution < -0.4 is 5.14 Å². The zero-order chi connectivity index (χ0) is 15.8. The van der Waals surface area contributed by atoms with E-state index in [2.05, 4.69) is 15.9 Å². The average Bonchev–Trinajstić information content (AvgIpc) is 2.92. The van der Waals surface area contributed by atoms with Crippen LogP contribution in [0.25, 0.3) is 0 Å². The smallest absolute Gasteiger partial charge is 0.253 e. The SMILES string of the molecule is Cc1cc(C(=O)N(C)C2CCOC2)cc(S(N)(=O)=O)c1Br. The molecule has 1 aliphatic heterocycles. The van der Waals surface area contributed by atoms with Gasteiger partial charge in [0.25, 0.3) is 5.91 Å². The predicted octanol–water partition coefficient (Wildman–Crippen LogP) is 1.27. The van der Waals surface area contributed by atoms with Gasteiger partial charge in [-0.2, -0.15) is 0 Å². The zero-order valence-corrected chi connectivity index (χ0v) is 14.2. The molecule has 0 aromatic heterocycles. The second-order valence-electron chi connectivity index (χ2n) is 5.08. The summed E-state index contributed by atoms with van der Waals surface area (Å²) < 4.78 is 28.9. The van der Waals surface area contributed by atoms with E-state index in [4.69, 9.17) is 9.88 Å². The third-order valence-electron chi connectivity index (χ3n) is 3.55. The molecule has 1 atom stereocenters. The highest BCUT2D eigenvalue weighted by Gasteiger charge is 2.26. The van der Waals surface area contributed by atoms with Crippen LogP contribution in [-0.2, 0) is 14.8 Å². The van der Waals surface area contributed by atoms with E-state index in [1.807, 2.05) is 0 Å². The number of likely N-dealkylation sites (N-methyl/N-ethyl adjacent to an activating group) is 1. The number of sulfonamides is 1. The number of ether oxygens (including phenoxy) is 1. The van der Waals surface area contributed by atoms with Gasteiger partial charge >= 0.3 is 0 Å². The molecule has 1 aliphatic rings. The average molecular weight is 377 g/mol. The number of primary sulfonamides is 1. The number of hydrogen-bond donors (Lipinski definition) is 1. The van der Waals surface area contributed by atoms with Gasteiger partial charge in [0.15, 0.2) is 0 Å². The summed E-state index contributed by atoms with van der Waals surface area (Å²) in [6.45, 7) is 2.85. The van der Waals surface area contributed by atoms with Gasteiger partial charge in [-0.25, -0.2) is 13.6 Å². The van der Waals surface area contributed by atoms with Crippen LogP contribution in [0, 0.1) is 6.92 Å². The molecule has 1 unspecified atom stereocenters. The molecule has 0 bridgehead atoms. The number of benzene rings is 1. The quantitative estimate of drug-likeness (QED) is 0.859. The van der Waals surface area contributed by atoms with Crippen molar-refractivity contribution in [1.29, 1.82) is 0 Å². The van der Waals surface area contributed by atoms with E-state index in [1.54, 1.807) is 24.9 Å². The first-order valence-corrected chi connectivity index (χ1v) is 8.73. The van der Waals surface area contributed by atoms with E-state index >= 15 is 0 Å². The van der Waals surface area contributed by atoms with Crippen LogP contribution in [-0.4, -0.2) is 45.5 Å². The summed E-state index contributed by atoms with van der Waals surface area (Å²) in [6, 6.07) is 2.97. The summed E-state index contributed by atoms with van der Waals surface area (Å²) in [6.07, 6.45) is 0.778. The van der Waals surface area contributed by atoms with Crippen molar-refractivity contribution in [3.05, 3.63) is 27.7 Å². The molecule has 1 saturated heterocycles. The zero-order valence-electron chi connectivity index (χ0n) is 11.8. The van der Waals surface area contributed by atoms with Gasteiger partial charge in [0.2, 0.25) is 10.0 Å². The fraction of sp³-hybridized carbons (Fsp3) is 0.462.